The van der Waals surface area contributed by atoms with Gasteiger partial charge in [0.1, 0.15) is 6.04 Å². The van der Waals surface area contributed by atoms with Crippen LogP contribution < -0.4 is 11.1 Å². The molecule has 2 amide bonds. The van der Waals surface area contributed by atoms with E-state index in [1.54, 1.807) is 16.7 Å². The molecule has 1 saturated heterocycles. The Kier molecular flexibility index (Phi) is 6.37. The summed E-state index contributed by atoms with van der Waals surface area (Å²) in [5.74, 6) is 1.81. The summed E-state index contributed by atoms with van der Waals surface area (Å²) in [6.45, 7) is 6.17. The molecule has 21 heavy (non-hydrogen) atoms. The van der Waals surface area contributed by atoms with Gasteiger partial charge in [-0.05, 0) is 18.8 Å². The van der Waals surface area contributed by atoms with Crippen molar-refractivity contribution in [2.45, 2.75) is 45.7 Å². The Balaban J connectivity index is 0.00000220. The number of hydrogen-bond donors (Lipinski definition) is 2. The topological polar surface area (TPSA) is 75.4 Å². The summed E-state index contributed by atoms with van der Waals surface area (Å²) in [6, 6.07) is -0.294. The van der Waals surface area contributed by atoms with Crippen molar-refractivity contribution in [1.29, 1.82) is 0 Å². The molecule has 2 unspecified atom stereocenters. The first-order chi connectivity index (χ1) is 9.30. The van der Waals surface area contributed by atoms with Gasteiger partial charge in [0, 0.05) is 23.8 Å². The SMILES string of the molecule is CC(C)(C)C(=O)N1CSCC1C(=O)NCC(N)C1CC1.Cl. The second-order valence-electron chi connectivity index (χ2n) is 6.79. The Bertz CT molecular complexity index is 396. The molecule has 0 aromatic carbocycles. The standard InChI is InChI=1S/C14H25N3O2S.ClH/c1-14(2,3)13(19)17-8-20-7-11(17)12(18)16-6-10(15)9-4-5-9;/h9-11H,4-8,15H2,1-3H3,(H,16,18);1H. The fourth-order valence-corrected chi connectivity index (χ4v) is 3.47. The molecule has 5 nitrogen and oxygen atoms in total. The Morgan fingerprint density at radius 1 is 1.38 bits per heavy atom. The average Bonchev–Trinajstić information content (AvgIpc) is 3.11. The minimum Gasteiger partial charge on any atom is -0.353 e. The first-order valence-corrected chi connectivity index (χ1v) is 8.38. The summed E-state index contributed by atoms with van der Waals surface area (Å²) in [5.41, 5.74) is 5.54. The van der Waals surface area contributed by atoms with E-state index in [0.717, 1.165) is 0 Å². The third-order valence-electron chi connectivity index (χ3n) is 3.83. The maximum absolute atomic E-state index is 12.3. The number of carbonyl (C=O) groups excluding carboxylic acids is 2. The second kappa shape index (κ2) is 7.20. The number of nitrogens with one attached hydrogen (secondary N) is 1. The van der Waals surface area contributed by atoms with Crippen LogP contribution in [0.25, 0.3) is 0 Å². The normalized spacial score (nSPS) is 23.4. The van der Waals surface area contributed by atoms with Crippen molar-refractivity contribution in [1.82, 2.24) is 10.2 Å². The third-order valence-corrected chi connectivity index (χ3v) is 4.84. The van der Waals surface area contributed by atoms with E-state index >= 15 is 0 Å². The summed E-state index contributed by atoms with van der Waals surface area (Å²) >= 11 is 1.63. The maximum atomic E-state index is 12.3. The van der Waals surface area contributed by atoms with E-state index in [-0.39, 0.29) is 36.3 Å². The van der Waals surface area contributed by atoms with Crippen LogP contribution in [0.4, 0.5) is 0 Å². The quantitative estimate of drug-likeness (QED) is 0.809. The number of carbonyl (C=O) groups is 2. The van der Waals surface area contributed by atoms with Crippen molar-refractivity contribution in [2.24, 2.45) is 17.1 Å². The smallest absolute Gasteiger partial charge is 0.243 e. The molecule has 0 radical (unpaired) electrons. The fourth-order valence-electron chi connectivity index (χ4n) is 2.32. The van der Waals surface area contributed by atoms with E-state index in [2.05, 4.69) is 5.32 Å². The number of halogens is 1. The molecular weight excluding hydrogens is 310 g/mol. The largest absolute Gasteiger partial charge is 0.353 e. The van der Waals surface area contributed by atoms with Gasteiger partial charge in [-0.1, -0.05) is 20.8 Å². The first-order valence-electron chi connectivity index (χ1n) is 7.23. The van der Waals surface area contributed by atoms with Crippen LogP contribution in [0, 0.1) is 11.3 Å². The zero-order valence-electron chi connectivity index (χ0n) is 12.9. The van der Waals surface area contributed by atoms with E-state index < -0.39 is 5.41 Å². The van der Waals surface area contributed by atoms with Crippen molar-refractivity contribution in [3.8, 4) is 0 Å². The van der Waals surface area contributed by atoms with Gasteiger partial charge in [0.2, 0.25) is 11.8 Å². The van der Waals surface area contributed by atoms with Crippen molar-refractivity contribution < 1.29 is 9.59 Å². The molecule has 0 aromatic heterocycles. The molecule has 3 N–H and O–H groups in total. The first kappa shape index (κ1) is 18.6. The van der Waals surface area contributed by atoms with Gasteiger partial charge in [-0.3, -0.25) is 9.59 Å². The molecule has 1 aliphatic heterocycles. The minimum atomic E-state index is -0.451. The lowest BCUT2D eigenvalue weighted by Crippen LogP contribution is -2.52. The highest BCUT2D eigenvalue weighted by Crippen LogP contribution is 2.31. The second-order valence-corrected chi connectivity index (χ2v) is 7.79. The zero-order valence-corrected chi connectivity index (χ0v) is 14.6. The molecule has 7 heteroatoms. The fraction of sp³-hybridized carbons (Fsp3) is 0.857. The molecule has 1 aliphatic carbocycles. The van der Waals surface area contributed by atoms with Crippen LogP contribution >= 0.6 is 24.2 Å². The van der Waals surface area contributed by atoms with Crippen LogP contribution in [0.5, 0.6) is 0 Å². The highest BCUT2D eigenvalue weighted by molar-refractivity contribution is 7.99. The van der Waals surface area contributed by atoms with Crippen molar-refractivity contribution in [2.75, 3.05) is 18.2 Å². The maximum Gasteiger partial charge on any atom is 0.243 e. The highest BCUT2D eigenvalue weighted by Gasteiger charge is 2.39. The Morgan fingerprint density at radius 3 is 2.52 bits per heavy atom. The van der Waals surface area contributed by atoms with Crippen molar-refractivity contribution in [3.63, 3.8) is 0 Å². The van der Waals surface area contributed by atoms with Crippen LogP contribution in [0.1, 0.15) is 33.6 Å². The Hall–Kier alpha value is -0.460. The van der Waals surface area contributed by atoms with Gasteiger partial charge in [-0.25, -0.2) is 0 Å². The molecule has 0 aromatic rings. The lowest BCUT2D eigenvalue weighted by molar-refractivity contribution is -0.144. The van der Waals surface area contributed by atoms with Crippen LogP contribution in [-0.2, 0) is 9.59 Å². The van der Waals surface area contributed by atoms with Gasteiger partial charge >= 0.3 is 0 Å². The molecule has 1 heterocycles. The lowest BCUT2D eigenvalue weighted by atomic mass is 9.94. The molecule has 2 rings (SSSR count). The van der Waals surface area contributed by atoms with Crippen molar-refractivity contribution >= 4 is 36.0 Å². The van der Waals surface area contributed by atoms with Gasteiger partial charge < -0.3 is 16.0 Å². The predicted molar refractivity (Wildman–Crippen MR) is 88.4 cm³/mol. The number of nitrogens with two attached hydrogens (primary N) is 1. The average molecular weight is 336 g/mol. The van der Waals surface area contributed by atoms with Gasteiger partial charge in [-0.15, -0.1) is 24.2 Å². The molecule has 2 aliphatic rings. The number of rotatable bonds is 4. The Morgan fingerprint density at radius 2 is 2.00 bits per heavy atom. The van der Waals surface area contributed by atoms with Crippen LogP contribution in [0.15, 0.2) is 0 Å². The summed E-state index contributed by atoms with van der Waals surface area (Å²) in [4.78, 5) is 26.3. The van der Waals surface area contributed by atoms with Gasteiger partial charge in [0.15, 0.2) is 0 Å². The zero-order chi connectivity index (χ0) is 14.9. The molecule has 122 valence electrons. The van der Waals surface area contributed by atoms with Gasteiger partial charge in [0.25, 0.3) is 0 Å². The van der Waals surface area contributed by atoms with E-state index in [1.807, 2.05) is 20.8 Å². The molecule has 0 bridgehead atoms. The molecule has 1 saturated carbocycles. The van der Waals surface area contributed by atoms with E-state index in [4.69, 9.17) is 5.73 Å². The van der Waals surface area contributed by atoms with E-state index in [9.17, 15) is 9.59 Å². The number of nitrogens with zero attached hydrogens (tertiary/aromatic N) is 1. The van der Waals surface area contributed by atoms with E-state index in [0.29, 0.717) is 24.1 Å². The predicted octanol–water partition coefficient (Wildman–Crippen LogP) is 1.21. The summed E-state index contributed by atoms with van der Waals surface area (Å²) in [5, 5.41) is 2.91. The number of hydrogen-bond acceptors (Lipinski definition) is 4. The summed E-state index contributed by atoms with van der Waals surface area (Å²) in [7, 11) is 0. The summed E-state index contributed by atoms with van der Waals surface area (Å²) in [6.07, 6.45) is 2.34. The lowest BCUT2D eigenvalue weighted by Gasteiger charge is -2.29. The van der Waals surface area contributed by atoms with E-state index in [1.165, 1.54) is 12.8 Å². The van der Waals surface area contributed by atoms with Gasteiger partial charge in [0.05, 0.1) is 5.88 Å². The van der Waals surface area contributed by atoms with Gasteiger partial charge in [-0.2, -0.15) is 0 Å². The summed E-state index contributed by atoms with van der Waals surface area (Å²) < 4.78 is 0. The molecule has 2 atom stereocenters. The monoisotopic (exact) mass is 335 g/mol. The van der Waals surface area contributed by atoms with Crippen LogP contribution in [0.3, 0.4) is 0 Å². The minimum absolute atomic E-state index is 0. The van der Waals surface area contributed by atoms with Crippen LogP contribution in [0.2, 0.25) is 0 Å². The number of amides is 2. The Labute approximate surface area is 137 Å². The van der Waals surface area contributed by atoms with Crippen LogP contribution in [-0.4, -0.2) is 47.0 Å². The number of thioether (sulfide) groups is 1. The molecular formula is C14H26ClN3O2S. The third kappa shape index (κ3) is 4.76. The molecule has 0 spiro atoms. The molecule has 2 fully saturated rings. The van der Waals surface area contributed by atoms with Crippen molar-refractivity contribution in [3.05, 3.63) is 0 Å². The highest BCUT2D eigenvalue weighted by atomic mass is 35.5.